The summed E-state index contributed by atoms with van der Waals surface area (Å²) < 4.78 is 5.52. The lowest BCUT2D eigenvalue weighted by Gasteiger charge is -2.06. The van der Waals surface area contributed by atoms with Crippen LogP contribution in [0.25, 0.3) is 0 Å². The second-order valence-electron chi connectivity index (χ2n) is 4.08. The Hall–Kier alpha value is -1.89. The van der Waals surface area contributed by atoms with Crippen molar-refractivity contribution in [2.24, 2.45) is 0 Å². The Kier molecular flexibility index (Phi) is 3.84. The summed E-state index contributed by atoms with van der Waals surface area (Å²) in [6.07, 6.45) is 0. The van der Waals surface area contributed by atoms with Gasteiger partial charge in [-0.2, -0.15) is 0 Å². The van der Waals surface area contributed by atoms with E-state index in [4.69, 9.17) is 4.52 Å². The van der Waals surface area contributed by atoms with Crippen molar-refractivity contribution in [1.29, 1.82) is 0 Å². The second-order valence-corrected chi connectivity index (χ2v) is 4.93. The number of hydrogen-bond donors (Lipinski definition) is 1. The van der Waals surface area contributed by atoms with Crippen molar-refractivity contribution in [3.63, 3.8) is 0 Å². The lowest BCUT2D eigenvalue weighted by molar-refractivity contribution is -0.385. The highest BCUT2D eigenvalue weighted by atomic mass is 79.9. The number of nitrogens with one attached hydrogen (secondary N) is 1. The van der Waals surface area contributed by atoms with E-state index < -0.39 is 4.92 Å². The Bertz CT molecular complexity index is 605. The van der Waals surface area contributed by atoms with Gasteiger partial charge in [0.2, 0.25) is 0 Å². The van der Waals surface area contributed by atoms with E-state index in [1.165, 1.54) is 6.07 Å². The Morgan fingerprint density at radius 3 is 2.79 bits per heavy atom. The Morgan fingerprint density at radius 2 is 2.21 bits per heavy atom. The van der Waals surface area contributed by atoms with Crippen LogP contribution in [0.3, 0.4) is 0 Å². The molecule has 0 atom stereocenters. The van der Waals surface area contributed by atoms with Crippen molar-refractivity contribution < 1.29 is 9.45 Å². The van der Waals surface area contributed by atoms with Crippen molar-refractivity contribution in [3.8, 4) is 0 Å². The van der Waals surface area contributed by atoms with Crippen LogP contribution in [-0.4, -0.2) is 10.1 Å². The highest BCUT2D eigenvalue weighted by Gasteiger charge is 2.13. The van der Waals surface area contributed by atoms with Crippen LogP contribution in [-0.2, 0) is 6.54 Å². The largest absolute Gasteiger partial charge is 0.381 e. The van der Waals surface area contributed by atoms with E-state index in [2.05, 4.69) is 26.4 Å². The average molecular weight is 326 g/mol. The molecule has 0 radical (unpaired) electrons. The molecule has 0 saturated carbocycles. The van der Waals surface area contributed by atoms with Gasteiger partial charge in [0.1, 0.15) is 5.76 Å². The fraction of sp³-hybridized carbons (Fsp3) is 0.250. The van der Waals surface area contributed by atoms with Gasteiger partial charge >= 0.3 is 0 Å². The number of aromatic nitrogens is 1. The lowest BCUT2D eigenvalue weighted by atomic mass is 10.2. The number of aryl methyl sites for hydroxylation is 2. The third kappa shape index (κ3) is 2.93. The quantitative estimate of drug-likeness (QED) is 0.686. The third-order valence-electron chi connectivity index (χ3n) is 2.79. The molecule has 0 aliphatic rings. The minimum absolute atomic E-state index is 0.0313. The van der Waals surface area contributed by atoms with E-state index in [1.807, 2.05) is 13.8 Å². The highest BCUT2D eigenvalue weighted by Crippen LogP contribution is 2.28. The van der Waals surface area contributed by atoms with E-state index in [0.29, 0.717) is 16.7 Å². The fourth-order valence-corrected chi connectivity index (χ4v) is 2.10. The highest BCUT2D eigenvalue weighted by molar-refractivity contribution is 9.10. The molecule has 0 unspecified atom stereocenters. The van der Waals surface area contributed by atoms with Crippen molar-refractivity contribution in [2.75, 3.05) is 5.32 Å². The molecule has 6 nitrogen and oxygen atoms in total. The summed E-state index contributed by atoms with van der Waals surface area (Å²) in [6.45, 7) is 4.21. The molecule has 19 heavy (non-hydrogen) atoms. The molecule has 0 bridgehead atoms. The lowest BCUT2D eigenvalue weighted by Crippen LogP contribution is -2.02. The molecular weight excluding hydrogens is 314 g/mol. The predicted octanol–water partition coefficient (Wildman–Crippen LogP) is 3.57. The normalized spacial score (nSPS) is 10.5. The van der Waals surface area contributed by atoms with Gasteiger partial charge in [-0.15, -0.1) is 0 Å². The summed E-state index contributed by atoms with van der Waals surface area (Å²) in [5.74, 6) is 0.747. The zero-order valence-electron chi connectivity index (χ0n) is 10.4. The monoisotopic (exact) mass is 325 g/mol. The molecular formula is C12H12BrN3O3. The molecule has 1 heterocycles. The van der Waals surface area contributed by atoms with Gasteiger partial charge in [-0.3, -0.25) is 10.1 Å². The SMILES string of the molecule is Cc1noc(C)c1CNc1ccc(Br)c([N+](=O)[O-])c1. The summed E-state index contributed by atoms with van der Waals surface area (Å²) in [4.78, 5) is 10.4. The molecule has 2 aromatic rings. The van der Waals surface area contributed by atoms with Crippen molar-refractivity contribution in [1.82, 2.24) is 5.16 Å². The number of nitrogens with zero attached hydrogens (tertiary/aromatic N) is 2. The topological polar surface area (TPSA) is 81.2 Å². The zero-order valence-corrected chi connectivity index (χ0v) is 12.0. The first-order chi connectivity index (χ1) is 8.99. The van der Waals surface area contributed by atoms with Gasteiger partial charge < -0.3 is 9.84 Å². The molecule has 0 saturated heterocycles. The predicted molar refractivity (Wildman–Crippen MR) is 74.1 cm³/mol. The smallest absolute Gasteiger partial charge is 0.285 e. The molecule has 0 spiro atoms. The molecule has 7 heteroatoms. The van der Waals surface area contributed by atoms with Crippen LogP contribution in [0.2, 0.25) is 0 Å². The number of nitro groups is 1. The number of benzene rings is 1. The van der Waals surface area contributed by atoms with E-state index in [0.717, 1.165) is 17.0 Å². The fourth-order valence-electron chi connectivity index (χ4n) is 1.71. The molecule has 0 aliphatic carbocycles. The van der Waals surface area contributed by atoms with Gasteiger partial charge in [-0.25, -0.2) is 0 Å². The minimum atomic E-state index is -0.425. The van der Waals surface area contributed by atoms with Gasteiger partial charge in [-0.05, 0) is 41.9 Å². The van der Waals surface area contributed by atoms with Crippen LogP contribution in [0, 0.1) is 24.0 Å². The van der Waals surface area contributed by atoms with Crippen molar-refractivity contribution in [2.45, 2.75) is 20.4 Å². The van der Waals surface area contributed by atoms with Gasteiger partial charge in [0.05, 0.1) is 15.1 Å². The van der Waals surface area contributed by atoms with Gasteiger partial charge in [-0.1, -0.05) is 5.16 Å². The van der Waals surface area contributed by atoms with Crippen LogP contribution in [0.4, 0.5) is 11.4 Å². The Morgan fingerprint density at radius 1 is 1.47 bits per heavy atom. The number of rotatable bonds is 4. The van der Waals surface area contributed by atoms with Gasteiger partial charge in [0, 0.05) is 23.9 Å². The van der Waals surface area contributed by atoms with E-state index in [1.54, 1.807) is 12.1 Å². The molecule has 1 aromatic heterocycles. The summed E-state index contributed by atoms with van der Waals surface area (Å²) >= 11 is 3.15. The maximum Gasteiger partial charge on any atom is 0.285 e. The zero-order chi connectivity index (χ0) is 14.0. The summed E-state index contributed by atoms with van der Waals surface area (Å²) in [5, 5.41) is 17.8. The first-order valence-electron chi connectivity index (χ1n) is 5.58. The average Bonchev–Trinajstić information content (AvgIpc) is 2.68. The molecule has 0 fully saturated rings. The first kappa shape index (κ1) is 13.5. The molecule has 100 valence electrons. The molecule has 1 aromatic carbocycles. The van der Waals surface area contributed by atoms with E-state index in [-0.39, 0.29) is 5.69 Å². The minimum Gasteiger partial charge on any atom is -0.381 e. The van der Waals surface area contributed by atoms with E-state index in [9.17, 15) is 10.1 Å². The number of anilines is 1. The second kappa shape index (κ2) is 5.40. The molecule has 1 N–H and O–H groups in total. The molecule has 0 aliphatic heterocycles. The third-order valence-corrected chi connectivity index (χ3v) is 3.46. The Balaban J connectivity index is 2.16. The first-order valence-corrected chi connectivity index (χ1v) is 6.38. The van der Waals surface area contributed by atoms with Crippen molar-refractivity contribution >= 4 is 27.3 Å². The van der Waals surface area contributed by atoms with Crippen LogP contribution < -0.4 is 5.32 Å². The van der Waals surface area contributed by atoms with Crippen LogP contribution in [0.15, 0.2) is 27.2 Å². The maximum atomic E-state index is 10.8. The van der Waals surface area contributed by atoms with E-state index >= 15 is 0 Å². The number of hydrogen-bond acceptors (Lipinski definition) is 5. The number of halogens is 1. The van der Waals surface area contributed by atoms with Crippen molar-refractivity contribution in [3.05, 3.63) is 49.8 Å². The summed E-state index contributed by atoms with van der Waals surface area (Å²) in [6, 6.07) is 4.91. The van der Waals surface area contributed by atoms with Crippen LogP contribution >= 0.6 is 15.9 Å². The molecule has 0 amide bonds. The standard InChI is InChI=1S/C12H12BrN3O3/c1-7-10(8(2)19-15-7)6-14-9-3-4-11(13)12(5-9)16(17)18/h3-5,14H,6H2,1-2H3. The number of nitro benzene ring substituents is 1. The van der Waals surface area contributed by atoms with Gasteiger partial charge in [0.25, 0.3) is 5.69 Å². The maximum absolute atomic E-state index is 10.8. The summed E-state index contributed by atoms with van der Waals surface area (Å²) in [7, 11) is 0. The van der Waals surface area contributed by atoms with Crippen LogP contribution in [0.5, 0.6) is 0 Å². The Labute approximate surface area is 118 Å². The van der Waals surface area contributed by atoms with Crippen LogP contribution in [0.1, 0.15) is 17.0 Å². The van der Waals surface area contributed by atoms with Gasteiger partial charge in [0.15, 0.2) is 0 Å². The molecule has 2 rings (SSSR count). The summed E-state index contributed by atoms with van der Waals surface area (Å²) in [5.41, 5.74) is 2.49.